The molecule has 3 nitrogen and oxygen atoms in total. The number of hydrogen-bond acceptors (Lipinski definition) is 1. The predicted molar refractivity (Wildman–Crippen MR) is 51.5 cm³/mol. The summed E-state index contributed by atoms with van der Waals surface area (Å²) in [4.78, 5) is 15.5. The van der Waals surface area contributed by atoms with E-state index in [0.29, 0.717) is 6.04 Å². The number of urea groups is 1. The lowest BCUT2D eigenvalue weighted by atomic mass is 10.3. The van der Waals surface area contributed by atoms with E-state index in [1.165, 1.54) is 25.7 Å². The van der Waals surface area contributed by atoms with E-state index in [0.717, 1.165) is 12.5 Å². The highest BCUT2D eigenvalue weighted by Gasteiger charge is 2.36. The van der Waals surface area contributed by atoms with Crippen molar-refractivity contribution in [1.82, 2.24) is 9.80 Å². The molecule has 0 spiro atoms. The van der Waals surface area contributed by atoms with E-state index in [2.05, 4.69) is 4.90 Å². The van der Waals surface area contributed by atoms with Crippen LogP contribution in [0.4, 0.5) is 4.79 Å². The molecule has 0 heterocycles. The number of nitrogens with zero attached hydrogens (tertiary/aromatic N) is 2. The molecule has 2 fully saturated rings. The Morgan fingerprint density at radius 1 is 1.23 bits per heavy atom. The minimum Gasteiger partial charge on any atom is -0.331 e. The maximum atomic E-state index is 11.7. The molecule has 2 saturated carbocycles. The Morgan fingerprint density at radius 3 is 2.23 bits per heavy atom. The molecule has 0 aliphatic heterocycles. The van der Waals surface area contributed by atoms with Gasteiger partial charge in [-0.2, -0.15) is 0 Å². The molecule has 0 radical (unpaired) electrons. The Hall–Kier alpha value is -0.730. The van der Waals surface area contributed by atoms with Crippen molar-refractivity contribution in [2.75, 3.05) is 20.6 Å². The SMILES string of the molecule is CN(C)C(=O)N(CC1CC1)C1CC1. The Morgan fingerprint density at radius 2 is 1.85 bits per heavy atom. The van der Waals surface area contributed by atoms with Crippen molar-refractivity contribution >= 4 is 6.03 Å². The van der Waals surface area contributed by atoms with Gasteiger partial charge >= 0.3 is 6.03 Å². The van der Waals surface area contributed by atoms with E-state index < -0.39 is 0 Å². The third kappa shape index (κ3) is 2.14. The molecule has 0 N–H and O–H groups in total. The molecule has 0 aromatic heterocycles. The van der Waals surface area contributed by atoms with Gasteiger partial charge in [0.2, 0.25) is 0 Å². The van der Waals surface area contributed by atoms with Gasteiger partial charge in [-0.1, -0.05) is 0 Å². The van der Waals surface area contributed by atoms with Crippen molar-refractivity contribution in [1.29, 1.82) is 0 Å². The second-order valence-corrected chi connectivity index (χ2v) is 4.50. The molecule has 0 aromatic rings. The molecule has 0 aromatic carbocycles. The topological polar surface area (TPSA) is 23.6 Å². The lowest BCUT2D eigenvalue weighted by Crippen LogP contribution is -2.41. The minimum atomic E-state index is 0.203. The number of amides is 2. The summed E-state index contributed by atoms with van der Waals surface area (Å²) in [5.41, 5.74) is 0. The van der Waals surface area contributed by atoms with E-state index >= 15 is 0 Å². The van der Waals surface area contributed by atoms with Crippen molar-refractivity contribution in [3.05, 3.63) is 0 Å². The molecule has 0 atom stereocenters. The first-order chi connectivity index (χ1) is 6.18. The summed E-state index contributed by atoms with van der Waals surface area (Å²) in [7, 11) is 3.68. The van der Waals surface area contributed by atoms with Crippen LogP contribution in [-0.2, 0) is 0 Å². The number of carbonyl (C=O) groups is 1. The fourth-order valence-corrected chi connectivity index (χ4v) is 1.61. The van der Waals surface area contributed by atoms with E-state index in [1.807, 2.05) is 14.1 Å². The Kier molecular flexibility index (Phi) is 2.18. The van der Waals surface area contributed by atoms with Crippen LogP contribution in [-0.4, -0.2) is 42.5 Å². The van der Waals surface area contributed by atoms with Gasteiger partial charge in [0, 0.05) is 26.7 Å². The first-order valence-electron chi connectivity index (χ1n) is 5.16. The Labute approximate surface area is 79.7 Å². The van der Waals surface area contributed by atoms with E-state index in [9.17, 15) is 4.79 Å². The van der Waals surface area contributed by atoms with Gasteiger partial charge in [0.05, 0.1) is 0 Å². The van der Waals surface area contributed by atoms with E-state index in [4.69, 9.17) is 0 Å². The van der Waals surface area contributed by atoms with Crippen LogP contribution in [0.1, 0.15) is 25.7 Å². The summed E-state index contributed by atoms with van der Waals surface area (Å²) in [6.45, 7) is 1.00. The highest BCUT2D eigenvalue weighted by molar-refractivity contribution is 5.74. The molecule has 2 aliphatic carbocycles. The summed E-state index contributed by atoms with van der Waals surface area (Å²) in [5.74, 6) is 0.810. The average Bonchev–Trinajstić information content (AvgIpc) is 2.90. The smallest absolute Gasteiger partial charge is 0.319 e. The lowest BCUT2D eigenvalue weighted by Gasteiger charge is -2.25. The van der Waals surface area contributed by atoms with Gasteiger partial charge in [0.25, 0.3) is 0 Å². The lowest BCUT2D eigenvalue weighted by molar-refractivity contribution is 0.165. The highest BCUT2D eigenvalue weighted by atomic mass is 16.2. The zero-order valence-corrected chi connectivity index (χ0v) is 8.49. The molecular weight excluding hydrogens is 164 g/mol. The molecule has 2 aliphatic rings. The average molecular weight is 182 g/mol. The molecule has 2 rings (SSSR count). The van der Waals surface area contributed by atoms with Gasteiger partial charge in [-0.15, -0.1) is 0 Å². The van der Waals surface area contributed by atoms with Crippen LogP contribution in [0.15, 0.2) is 0 Å². The first-order valence-corrected chi connectivity index (χ1v) is 5.16. The highest BCUT2D eigenvalue weighted by Crippen LogP contribution is 2.35. The minimum absolute atomic E-state index is 0.203. The number of carbonyl (C=O) groups excluding carboxylic acids is 1. The zero-order valence-electron chi connectivity index (χ0n) is 8.49. The number of hydrogen-bond donors (Lipinski definition) is 0. The second kappa shape index (κ2) is 3.20. The van der Waals surface area contributed by atoms with E-state index in [1.54, 1.807) is 4.90 Å². The van der Waals surface area contributed by atoms with Gasteiger partial charge in [0.15, 0.2) is 0 Å². The van der Waals surface area contributed by atoms with Crippen LogP contribution in [0.3, 0.4) is 0 Å². The first kappa shape index (κ1) is 8.85. The quantitative estimate of drug-likeness (QED) is 0.649. The van der Waals surface area contributed by atoms with Crippen molar-refractivity contribution in [2.24, 2.45) is 5.92 Å². The monoisotopic (exact) mass is 182 g/mol. The largest absolute Gasteiger partial charge is 0.331 e. The predicted octanol–water partition coefficient (Wildman–Crippen LogP) is 1.54. The fourth-order valence-electron chi connectivity index (χ4n) is 1.61. The molecule has 2 amide bonds. The second-order valence-electron chi connectivity index (χ2n) is 4.50. The van der Waals surface area contributed by atoms with Crippen LogP contribution in [0.25, 0.3) is 0 Å². The third-order valence-corrected chi connectivity index (χ3v) is 2.77. The summed E-state index contributed by atoms with van der Waals surface area (Å²) in [5, 5.41) is 0. The maximum Gasteiger partial charge on any atom is 0.319 e. The molecule has 0 bridgehead atoms. The van der Waals surface area contributed by atoms with Gasteiger partial charge in [-0.25, -0.2) is 4.79 Å². The summed E-state index contributed by atoms with van der Waals surface area (Å²) >= 11 is 0. The van der Waals surface area contributed by atoms with Crippen molar-refractivity contribution in [2.45, 2.75) is 31.7 Å². The number of rotatable bonds is 3. The summed E-state index contributed by atoms with van der Waals surface area (Å²) < 4.78 is 0. The molecule has 13 heavy (non-hydrogen) atoms. The molecule has 3 heteroatoms. The summed E-state index contributed by atoms with van der Waals surface area (Å²) in [6, 6.07) is 0.768. The van der Waals surface area contributed by atoms with Crippen LogP contribution in [0.2, 0.25) is 0 Å². The normalized spacial score (nSPS) is 21.4. The van der Waals surface area contributed by atoms with Crippen molar-refractivity contribution in [3.8, 4) is 0 Å². The van der Waals surface area contributed by atoms with Crippen LogP contribution in [0.5, 0.6) is 0 Å². The Balaban J connectivity index is 1.90. The van der Waals surface area contributed by atoms with Crippen LogP contribution < -0.4 is 0 Å². The van der Waals surface area contributed by atoms with E-state index in [-0.39, 0.29) is 6.03 Å². The zero-order chi connectivity index (χ0) is 9.42. The van der Waals surface area contributed by atoms with Gasteiger partial charge in [-0.05, 0) is 31.6 Å². The molecule has 74 valence electrons. The van der Waals surface area contributed by atoms with Crippen LogP contribution in [0, 0.1) is 5.92 Å². The summed E-state index contributed by atoms with van der Waals surface area (Å²) in [6.07, 6.45) is 5.08. The molecule has 0 saturated heterocycles. The molecular formula is C10H18N2O. The van der Waals surface area contributed by atoms with Gasteiger partial charge < -0.3 is 9.80 Å². The van der Waals surface area contributed by atoms with Crippen molar-refractivity contribution < 1.29 is 4.79 Å². The third-order valence-electron chi connectivity index (χ3n) is 2.77. The molecule has 0 unspecified atom stereocenters. The Bertz CT molecular complexity index is 207. The van der Waals surface area contributed by atoms with Crippen molar-refractivity contribution in [3.63, 3.8) is 0 Å². The maximum absolute atomic E-state index is 11.7. The van der Waals surface area contributed by atoms with Crippen LogP contribution >= 0.6 is 0 Å². The standard InChI is InChI=1S/C10H18N2O/c1-11(2)10(13)12(9-5-6-9)7-8-3-4-8/h8-9H,3-7H2,1-2H3. The van der Waals surface area contributed by atoms with Gasteiger partial charge in [0.1, 0.15) is 0 Å². The van der Waals surface area contributed by atoms with Gasteiger partial charge in [-0.3, -0.25) is 0 Å². The fraction of sp³-hybridized carbons (Fsp3) is 0.900.